The topological polar surface area (TPSA) is 55.1 Å². The van der Waals surface area contributed by atoms with Gasteiger partial charge in [-0.3, -0.25) is 4.79 Å². The van der Waals surface area contributed by atoms with Crippen LogP contribution in [0, 0.1) is 5.92 Å². The zero-order valence-electron chi connectivity index (χ0n) is 12.5. The average molecular weight is 282 g/mol. The molecule has 1 unspecified atom stereocenters. The summed E-state index contributed by atoms with van der Waals surface area (Å²) in [5.74, 6) is 0.437. The Hall–Kier alpha value is -2.29. The number of amides is 1. The van der Waals surface area contributed by atoms with E-state index in [0.717, 1.165) is 12.0 Å². The van der Waals surface area contributed by atoms with Gasteiger partial charge in [-0.1, -0.05) is 44.2 Å². The van der Waals surface area contributed by atoms with E-state index in [1.165, 1.54) is 0 Å². The second kappa shape index (κ2) is 6.93. The molecular formula is C18H22N2O. The molecular weight excluding hydrogens is 260 g/mol. The van der Waals surface area contributed by atoms with Crippen molar-refractivity contribution in [3.05, 3.63) is 65.7 Å². The van der Waals surface area contributed by atoms with Gasteiger partial charge in [0.2, 0.25) is 0 Å². The maximum Gasteiger partial charge on any atom is 0.251 e. The first-order chi connectivity index (χ1) is 10.1. The summed E-state index contributed by atoms with van der Waals surface area (Å²) in [6.07, 6.45) is 0.907. The Labute approximate surface area is 126 Å². The Kier molecular flexibility index (Phi) is 4.99. The van der Waals surface area contributed by atoms with Gasteiger partial charge in [0.05, 0.1) is 6.04 Å². The van der Waals surface area contributed by atoms with E-state index < -0.39 is 0 Å². The molecule has 0 aliphatic heterocycles. The summed E-state index contributed by atoms with van der Waals surface area (Å²) in [4.78, 5) is 12.4. The van der Waals surface area contributed by atoms with Crippen molar-refractivity contribution in [1.82, 2.24) is 5.32 Å². The van der Waals surface area contributed by atoms with Crippen LogP contribution < -0.4 is 11.1 Å². The smallest absolute Gasteiger partial charge is 0.251 e. The van der Waals surface area contributed by atoms with Crippen LogP contribution in [0.25, 0.3) is 0 Å². The Bertz CT molecular complexity index is 576. The van der Waals surface area contributed by atoms with Crippen LogP contribution >= 0.6 is 0 Å². The van der Waals surface area contributed by atoms with E-state index in [9.17, 15) is 4.79 Å². The summed E-state index contributed by atoms with van der Waals surface area (Å²) < 4.78 is 0. The van der Waals surface area contributed by atoms with E-state index in [4.69, 9.17) is 5.73 Å². The minimum Gasteiger partial charge on any atom is -0.399 e. The van der Waals surface area contributed by atoms with Gasteiger partial charge in [0, 0.05) is 11.3 Å². The molecule has 1 atom stereocenters. The standard InChI is InChI=1S/C18H22N2O/c1-13(2)12-17(14-6-4-3-5-7-14)20-18(21)15-8-10-16(19)11-9-15/h3-11,13,17H,12,19H2,1-2H3,(H,20,21). The highest BCUT2D eigenvalue weighted by atomic mass is 16.1. The van der Waals surface area contributed by atoms with Crippen molar-refractivity contribution in [1.29, 1.82) is 0 Å². The van der Waals surface area contributed by atoms with Crippen molar-refractivity contribution in [2.75, 3.05) is 5.73 Å². The van der Waals surface area contributed by atoms with Crippen LogP contribution in [0.2, 0.25) is 0 Å². The second-order valence-corrected chi connectivity index (χ2v) is 5.69. The first-order valence-corrected chi connectivity index (χ1v) is 7.27. The molecule has 0 spiro atoms. The van der Waals surface area contributed by atoms with E-state index in [1.54, 1.807) is 24.3 Å². The maximum atomic E-state index is 12.4. The molecule has 3 N–H and O–H groups in total. The van der Waals surface area contributed by atoms with Crippen LogP contribution in [-0.2, 0) is 0 Å². The zero-order chi connectivity index (χ0) is 15.2. The van der Waals surface area contributed by atoms with Crippen LogP contribution in [0.3, 0.4) is 0 Å². The molecule has 0 fully saturated rings. The molecule has 0 bridgehead atoms. The maximum absolute atomic E-state index is 12.4. The van der Waals surface area contributed by atoms with Crippen molar-refractivity contribution in [3.63, 3.8) is 0 Å². The molecule has 0 saturated carbocycles. The summed E-state index contributed by atoms with van der Waals surface area (Å²) in [5, 5.41) is 3.12. The average Bonchev–Trinajstić information content (AvgIpc) is 2.47. The molecule has 110 valence electrons. The number of rotatable bonds is 5. The lowest BCUT2D eigenvalue weighted by Crippen LogP contribution is -2.29. The lowest BCUT2D eigenvalue weighted by molar-refractivity contribution is 0.0932. The summed E-state index contributed by atoms with van der Waals surface area (Å²) in [7, 11) is 0. The highest BCUT2D eigenvalue weighted by Crippen LogP contribution is 2.21. The number of nitrogen functional groups attached to an aromatic ring is 1. The van der Waals surface area contributed by atoms with Crippen molar-refractivity contribution < 1.29 is 4.79 Å². The molecule has 2 aromatic carbocycles. The Morgan fingerprint density at radius 3 is 2.24 bits per heavy atom. The molecule has 0 heterocycles. The fraction of sp³-hybridized carbons (Fsp3) is 0.278. The highest BCUT2D eigenvalue weighted by Gasteiger charge is 2.16. The van der Waals surface area contributed by atoms with Gasteiger partial charge in [-0.05, 0) is 42.2 Å². The van der Waals surface area contributed by atoms with Gasteiger partial charge in [-0.2, -0.15) is 0 Å². The van der Waals surface area contributed by atoms with Crippen molar-refractivity contribution in [2.45, 2.75) is 26.3 Å². The Morgan fingerprint density at radius 1 is 1.05 bits per heavy atom. The van der Waals surface area contributed by atoms with E-state index in [0.29, 0.717) is 17.2 Å². The third kappa shape index (κ3) is 4.35. The lowest BCUT2D eigenvalue weighted by atomic mass is 9.96. The van der Waals surface area contributed by atoms with Gasteiger partial charge in [0.25, 0.3) is 5.91 Å². The van der Waals surface area contributed by atoms with Gasteiger partial charge in [-0.25, -0.2) is 0 Å². The first kappa shape index (κ1) is 15.1. The molecule has 0 saturated heterocycles. The van der Waals surface area contributed by atoms with Crippen LogP contribution in [-0.4, -0.2) is 5.91 Å². The molecule has 3 nitrogen and oxygen atoms in total. The predicted octanol–water partition coefficient (Wildman–Crippen LogP) is 3.79. The van der Waals surface area contributed by atoms with Gasteiger partial charge in [0.1, 0.15) is 0 Å². The van der Waals surface area contributed by atoms with Gasteiger partial charge >= 0.3 is 0 Å². The van der Waals surface area contributed by atoms with Crippen LogP contribution in [0.15, 0.2) is 54.6 Å². The zero-order valence-corrected chi connectivity index (χ0v) is 12.5. The van der Waals surface area contributed by atoms with E-state index in [-0.39, 0.29) is 11.9 Å². The van der Waals surface area contributed by atoms with Gasteiger partial charge in [-0.15, -0.1) is 0 Å². The first-order valence-electron chi connectivity index (χ1n) is 7.27. The minimum atomic E-state index is -0.0653. The monoisotopic (exact) mass is 282 g/mol. The molecule has 0 aliphatic carbocycles. The van der Waals surface area contributed by atoms with Gasteiger partial charge < -0.3 is 11.1 Å². The summed E-state index contributed by atoms with van der Waals surface area (Å²) in [5.41, 5.74) is 8.08. The van der Waals surface area contributed by atoms with Crippen molar-refractivity contribution in [3.8, 4) is 0 Å². The molecule has 0 radical (unpaired) electrons. The number of anilines is 1. The van der Waals surface area contributed by atoms with Gasteiger partial charge in [0.15, 0.2) is 0 Å². The Balaban J connectivity index is 2.15. The number of nitrogens with two attached hydrogens (primary N) is 1. The van der Waals surface area contributed by atoms with Crippen molar-refractivity contribution >= 4 is 11.6 Å². The lowest BCUT2D eigenvalue weighted by Gasteiger charge is -2.21. The van der Waals surface area contributed by atoms with Crippen LogP contribution in [0.4, 0.5) is 5.69 Å². The van der Waals surface area contributed by atoms with Crippen LogP contribution in [0.1, 0.15) is 42.2 Å². The molecule has 0 aromatic heterocycles. The van der Waals surface area contributed by atoms with E-state index >= 15 is 0 Å². The molecule has 1 amide bonds. The summed E-state index contributed by atoms with van der Waals surface area (Å²) in [6, 6.07) is 17.1. The second-order valence-electron chi connectivity index (χ2n) is 5.69. The number of hydrogen-bond donors (Lipinski definition) is 2. The number of hydrogen-bond acceptors (Lipinski definition) is 2. The molecule has 2 aromatic rings. The fourth-order valence-electron chi connectivity index (χ4n) is 2.31. The van der Waals surface area contributed by atoms with Crippen LogP contribution in [0.5, 0.6) is 0 Å². The van der Waals surface area contributed by atoms with E-state index in [1.807, 2.05) is 18.2 Å². The predicted molar refractivity (Wildman–Crippen MR) is 87.0 cm³/mol. The third-order valence-electron chi connectivity index (χ3n) is 3.39. The summed E-state index contributed by atoms with van der Waals surface area (Å²) in [6.45, 7) is 4.32. The largest absolute Gasteiger partial charge is 0.399 e. The van der Waals surface area contributed by atoms with E-state index in [2.05, 4.69) is 31.3 Å². The summed E-state index contributed by atoms with van der Waals surface area (Å²) >= 11 is 0. The number of carbonyl (C=O) groups is 1. The fourth-order valence-corrected chi connectivity index (χ4v) is 2.31. The third-order valence-corrected chi connectivity index (χ3v) is 3.39. The molecule has 21 heavy (non-hydrogen) atoms. The minimum absolute atomic E-state index is 0.0243. The molecule has 0 aliphatic rings. The SMILES string of the molecule is CC(C)CC(NC(=O)c1ccc(N)cc1)c1ccccc1. The molecule has 3 heteroatoms. The quantitative estimate of drug-likeness (QED) is 0.820. The van der Waals surface area contributed by atoms with Crippen molar-refractivity contribution in [2.24, 2.45) is 5.92 Å². The number of nitrogens with one attached hydrogen (secondary N) is 1. The molecule has 2 rings (SSSR count). The number of benzene rings is 2. The number of carbonyl (C=O) groups excluding carboxylic acids is 1. The highest BCUT2D eigenvalue weighted by molar-refractivity contribution is 5.94. The Morgan fingerprint density at radius 2 is 1.67 bits per heavy atom. The normalized spacial score (nSPS) is 12.1.